The van der Waals surface area contributed by atoms with Gasteiger partial charge in [0, 0.05) is 23.9 Å². The molecule has 152 valence electrons. The van der Waals surface area contributed by atoms with E-state index in [-0.39, 0.29) is 22.8 Å². The number of rotatable bonds is 5. The summed E-state index contributed by atoms with van der Waals surface area (Å²) < 4.78 is 1.76. The van der Waals surface area contributed by atoms with Crippen LogP contribution in [0.3, 0.4) is 0 Å². The Bertz CT molecular complexity index is 1310. The monoisotopic (exact) mass is 442 g/mol. The highest BCUT2D eigenvalue weighted by Crippen LogP contribution is 2.30. The predicted molar refractivity (Wildman–Crippen MR) is 115 cm³/mol. The number of carboxylic acids is 1. The molecule has 0 aliphatic rings. The summed E-state index contributed by atoms with van der Waals surface area (Å²) in [5.41, 5.74) is 1.87. The molecule has 0 aliphatic heterocycles. The maximum Gasteiger partial charge on any atom is 0.341 e. The number of carboxylic acid groups (broad SMARTS) is 1. The number of fused-ring (bicyclic) bond motifs is 1. The lowest BCUT2D eigenvalue weighted by molar-refractivity contribution is 0.0695. The van der Waals surface area contributed by atoms with Crippen LogP contribution in [0.2, 0.25) is 10.0 Å². The van der Waals surface area contributed by atoms with Crippen LogP contribution in [-0.4, -0.2) is 30.6 Å². The summed E-state index contributed by atoms with van der Waals surface area (Å²) in [6, 6.07) is 13.5. The largest absolute Gasteiger partial charge is 0.477 e. The molecule has 0 bridgehead atoms. The van der Waals surface area contributed by atoms with Gasteiger partial charge < -0.3 is 9.67 Å². The zero-order valence-electron chi connectivity index (χ0n) is 15.8. The van der Waals surface area contributed by atoms with Crippen molar-refractivity contribution in [1.29, 1.82) is 0 Å². The lowest BCUT2D eigenvalue weighted by atomic mass is 10.0. The van der Waals surface area contributed by atoms with Crippen LogP contribution in [-0.2, 0) is 13.1 Å². The van der Waals surface area contributed by atoms with Crippen molar-refractivity contribution in [3.63, 3.8) is 0 Å². The summed E-state index contributed by atoms with van der Waals surface area (Å²) in [7, 11) is 0. The van der Waals surface area contributed by atoms with E-state index in [4.69, 9.17) is 23.2 Å². The summed E-state index contributed by atoms with van der Waals surface area (Å²) in [6.07, 6.45) is 0. The van der Waals surface area contributed by atoms with Crippen molar-refractivity contribution in [3.05, 3.63) is 80.1 Å². The van der Waals surface area contributed by atoms with Crippen LogP contribution in [0, 0.1) is 0 Å². The van der Waals surface area contributed by atoms with Crippen LogP contribution in [0.4, 0.5) is 0 Å². The van der Waals surface area contributed by atoms with Crippen LogP contribution >= 0.6 is 23.2 Å². The highest BCUT2D eigenvalue weighted by molar-refractivity contribution is 6.42. The Morgan fingerprint density at radius 2 is 1.70 bits per heavy atom. The SMILES string of the molecule is CCn1c(Cn2nc3ccccc3n2)cc(=O)c(C(=O)O)c1-c1ccc(Cl)c(Cl)c1. The maximum absolute atomic E-state index is 12.8. The first kappa shape index (κ1) is 20.1. The molecule has 2 aromatic carbocycles. The van der Waals surface area contributed by atoms with E-state index in [0.29, 0.717) is 22.8 Å². The molecule has 0 radical (unpaired) electrons. The lowest BCUT2D eigenvalue weighted by Gasteiger charge is -2.19. The molecule has 0 aliphatic carbocycles. The average Bonchev–Trinajstić information content (AvgIpc) is 3.11. The summed E-state index contributed by atoms with van der Waals surface area (Å²) in [4.78, 5) is 26.2. The Balaban J connectivity index is 1.93. The molecule has 0 saturated heterocycles. The second kappa shape index (κ2) is 7.93. The van der Waals surface area contributed by atoms with Gasteiger partial charge in [-0.1, -0.05) is 41.4 Å². The van der Waals surface area contributed by atoms with Crippen LogP contribution in [0.1, 0.15) is 23.0 Å². The molecule has 0 amide bonds. The zero-order chi connectivity index (χ0) is 21.4. The molecule has 0 spiro atoms. The Morgan fingerprint density at radius 3 is 2.27 bits per heavy atom. The average molecular weight is 443 g/mol. The van der Waals surface area contributed by atoms with Gasteiger partial charge in [-0.3, -0.25) is 4.79 Å². The summed E-state index contributed by atoms with van der Waals surface area (Å²) in [5.74, 6) is -1.31. The first-order chi connectivity index (χ1) is 14.4. The number of hydrogen-bond acceptors (Lipinski definition) is 4. The summed E-state index contributed by atoms with van der Waals surface area (Å²) >= 11 is 12.2. The van der Waals surface area contributed by atoms with Crippen molar-refractivity contribution in [2.75, 3.05) is 0 Å². The molecule has 0 fully saturated rings. The van der Waals surface area contributed by atoms with Gasteiger partial charge in [0.05, 0.1) is 15.7 Å². The van der Waals surface area contributed by atoms with Gasteiger partial charge in [-0.05, 0) is 31.2 Å². The fraction of sp³-hybridized carbons (Fsp3) is 0.143. The molecule has 9 heteroatoms. The molecule has 2 aromatic heterocycles. The third-order valence-electron chi connectivity index (χ3n) is 4.75. The van der Waals surface area contributed by atoms with E-state index in [2.05, 4.69) is 10.2 Å². The molecular weight excluding hydrogens is 427 g/mol. The number of carbonyl (C=O) groups is 1. The van der Waals surface area contributed by atoms with Crippen molar-refractivity contribution in [1.82, 2.24) is 19.6 Å². The van der Waals surface area contributed by atoms with Gasteiger partial charge in [-0.25, -0.2) is 4.79 Å². The first-order valence-electron chi connectivity index (χ1n) is 9.14. The third kappa shape index (κ3) is 3.58. The van der Waals surface area contributed by atoms with E-state index in [0.717, 1.165) is 11.0 Å². The quantitative estimate of drug-likeness (QED) is 0.496. The highest BCUT2D eigenvalue weighted by Gasteiger charge is 2.22. The first-order valence-corrected chi connectivity index (χ1v) is 9.90. The minimum Gasteiger partial charge on any atom is -0.477 e. The molecule has 1 N–H and O–H groups in total. The molecule has 30 heavy (non-hydrogen) atoms. The number of halogens is 2. The van der Waals surface area contributed by atoms with E-state index < -0.39 is 11.4 Å². The van der Waals surface area contributed by atoms with Crippen molar-refractivity contribution in [2.24, 2.45) is 0 Å². The second-order valence-corrected chi connectivity index (χ2v) is 7.44. The number of nitrogens with zero attached hydrogens (tertiary/aromatic N) is 4. The normalized spacial score (nSPS) is 11.2. The Hall–Kier alpha value is -3.16. The standard InChI is InChI=1S/C21H16Cl2N4O3/c1-2-26-13(11-27-24-16-5-3-4-6-17(16)25-27)10-18(28)19(21(29)30)20(26)12-7-8-14(22)15(23)9-12/h3-10H,2,11H2,1H3,(H,29,30). The Labute approximate surface area is 181 Å². The van der Waals surface area contributed by atoms with E-state index in [1.807, 2.05) is 31.2 Å². The van der Waals surface area contributed by atoms with Crippen LogP contribution in [0.25, 0.3) is 22.3 Å². The second-order valence-electron chi connectivity index (χ2n) is 6.62. The highest BCUT2D eigenvalue weighted by atomic mass is 35.5. The van der Waals surface area contributed by atoms with E-state index >= 15 is 0 Å². The summed E-state index contributed by atoms with van der Waals surface area (Å²) in [5, 5.41) is 19.2. The number of aromatic nitrogens is 4. The Kier molecular flexibility index (Phi) is 5.32. The fourth-order valence-corrected chi connectivity index (χ4v) is 3.76. The fourth-order valence-electron chi connectivity index (χ4n) is 3.46. The lowest BCUT2D eigenvalue weighted by Crippen LogP contribution is -2.24. The Morgan fingerprint density at radius 1 is 1.03 bits per heavy atom. The van der Waals surface area contributed by atoms with Crippen molar-refractivity contribution >= 4 is 40.2 Å². The minimum atomic E-state index is -1.31. The van der Waals surface area contributed by atoms with Gasteiger partial charge in [0.25, 0.3) is 0 Å². The molecule has 2 heterocycles. The number of hydrogen-bond donors (Lipinski definition) is 1. The number of pyridine rings is 1. The third-order valence-corrected chi connectivity index (χ3v) is 5.49. The molecule has 0 unspecified atom stereocenters. The molecule has 4 rings (SSSR count). The van der Waals surface area contributed by atoms with Gasteiger partial charge in [-0.15, -0.1) is 0 Å². The van der Waals surface area contributed by atoms with E-state index in [1.54, 1.807) is 22.8 Å². The van der Waals surface area contributed by atoms with Crippen molar-refractivity contribution < 1.29 is 9.90 Å². The smallest absolute Gasteiger partial charge is 0.341 e. The van der Waals surface area contributed by atoms with Crippen molar-refractivity contribution in [3.8, 4) is 11.3 Å². The van der Waals surface area contributed by atoms with Crippen LogP contribution in [0.15, 0.2) is 53.3 Å². The van der Waals surface area contributed by atoms with Crippen LogP contribution < -0.4 is 5.43 Å². The van der Waals surface area contributed by atoms with Crippen LogP contribution in [0.5, 0.6) is 0 Å². The van der Waals surface area contributed by atoms with Gasteiger partial charge in [0.2, 0.25) is 0 Å². The predicted octanol–water partition coefficient (Wildman–Crippen LogP) is 4.33. The van der Waals surface area contributed by atoms with Crippen molar-refractivity contribution in [2.45, 2.75) is 20.0 Å². The molecular formula is C21H16Cl2N4O3. The molecule has 7 nitrogen and oxygen atoms in total. The maximum atomic E-state index is 12.8. The molecule has 0 saturated carbocycles. The van der Waals surface area contributed by atoms with Gasteiger partial charge in [0.15, 0.2) is 5.43 Å². The van der Waals surface area contributed by atoms with E-state index in [9.17, 15) is 14.7 Å². The molecule has 4 aromatic rings. The number of aromatic carboxylic acids is 1. The summed E-state index contributed by atoms with van der Waals surface area (Å²) in [6.45, 7) is 2.49. The number of benzene rings is 2. The molecule has 0 atom stereocenters. The minimum absolute atomic E-state index is 0.200. The zero-order valence-corrected chi connectivity index (χ0v) is 17.4. The van der Waals surface area contributed by atoms with E-state index in [1.165, 1.54) is 10.9 Å². The topological polar surface area (TPSA) is 90.0 Å². The van der Waals surface area contributed by atoms with Gasteiger partial charge in [-0.2, -0.15) is 15.0 Å². The van der Waals surface area contributed by atoms with Gasteiger partial charge >= 0.3 is 5.97 Å². The van der Waals surface area contributed by atoms with Gasteiger partial charge in [0.1, 0.15) is 23.1 Å².